The number of ether oxygens (including phenoxy) is 1. The Balaban J connectivity index is 1.72. The third-order valence-electron chi connectivity index (χ3n) is 6.16. The number of benzene rings is 1. The molecule has 0 fully saturated rings. The van der Waals surface area contributed by atoms with Crippen molar-refractivity contribution in [1.29, 1.82) is 5.26 Å². The number of aryl methyl sites for hydroxylation is 1. The second-order valence-corrected chi connectivity index (χ2v) is 16.6. The minimum atomic E-state index is -1.23. The fourth-order valence-corrected chi connectivity index (χ4v) is 4.97. The van der Waals surface area contributed by atoms with E-state index in [1.807, 2.05) is 36.7 Å². The lowest BCUT2D eigenvalue weighted by Crippen LogP contribution is -2.32. The highest BCUT2D eigenvalue weighted by Crippen LogP contribution is 2.30. The van der Waals surface area contributed by atoms with E-state index in [4.69, 9.17) is 26.6 Å². The van der Waals surface area contributed by atoms with Gasteiger partial charge in [-0.25, -0.2) is 9.97 Å². The van der Waals surface area contributed by atoms with Gasteiger partial charge >= 0.3 is 0 Å². The molecule has 0 aliphatic heterocycles. The number of amides is 1. The molecule has 0 aliphatic carbocycles. The van der Waals surface area contributed by atoms with Crippen LogP contribution in [0.25, 0.3) is 33.5 Å². The first-order chi connectivity index (χ1) is 17.6. The summed E-state index contributed by atoms with van der Waals surface area (Å²) in [7, 11) is 0.624. The number of fused-ring (bicyclic) bond motifs is 2. The van der Waals surface area contributed by atoms with Crippen LogP contribution in [0, 0.1) is 11.3 Å². The first-order valence-corrected chi connectivity index (χ1v) is 16.4. The maximum Gasteiger partial charge on any atom is 0.255 e. The zero-order valence-electron chi connectivity index (χ0n) is 21.9. The first-order valence-electron chi connectivity index (χ1n) is 12.3. The van der Waals surface area contributed by atoms with Crippen LogP contribution in [0.15, 0.2) is 30.6 Å². The summed E-state index contributed by atoms with van der Waals surface area (Å²) in [6, 6.07) is 8.60. The number of hydrogen-bond donors (Lipinski definition) is 1. The smallest absolute Gasteiger partial charge is 0.255 e. The van der Waals surface area contributed by atoms with Crippen molar-refractivity contribution in [2.24, 2.45) is 7.05 Å². The van der Waals surface area contributed by atoms with Crippen LogP contribution in [0.3, 0.4) is 0 Å². The Hall–Kier alpha value is -3.26. The first kappa shape index (κ1) is 26.8. The lowest BCUT2D eigenvalue weighted by molar-refractivity contribution is 0.0890. The van der Waals surface area contributed by atoms with Gasteiger partial charge in [0.2, 0.25) is 0 Å². The van der Waals surface area contributed by atoms with Crippen molar-refractivity contribution < 1.29 is 9.53 Å². The Morgan fingerprint density at radius 2 is 2.11 bits per heavy atom. The van der Waals surface area contributed by atoms with Crippen molar-refractivity contribution in [1.82, 2.24) is 29.6 Å². The van der Waals surface area contributed by atoms with E-state index in [1.165, 1.54) is 0 Å². The van der Waals surface area contributed by atoms with Gasteiger partial charge in [0.1, 0.15) is 23.6 Å². The highest BCUT2D eigenvalue weighted by molar-refractivity contribution is 6.76. The fourth-order valence-electron chi connectivity index (χ4n) is 4.05. The molecule has 4 aromatic rings. The lowest BCUT2D eigenvalue weighted by Gasteiger charge is -2.15. The van der Waals surface area contributed by atoms with E-state index in [0.29, 0.717) is 52.6 Å². The molecule has 0 aliphatic rings. The average molecular weight is 538 g/mol. The van der Waals surface area contributed by atoms with Gasteiger partial charge in [0.25, 0.3) is 5.91 Å². The largest absolute Gasteiger partial charge is 0.361 e. The predicted molar refractivity (Wildman–Crippen MR) is 148 cm³/mol. The Bertz CT molecular complexity index is 1480. The fraction of sp³-hybridized carbons (Fsp3) is 0.423. The van der Waals surface area contributed by atoms with E-state index in [1.54, 1.807) is 17.1 Å². The lowest BCUT2D eigenvalue weighted by atomic mass is 10.1. The number of halogens is 1. The molecule has 4 rings (SSSR count). The molecule has 1 aromatic carbocycles. The van der Waals surface area contributed by atoms with E-state index >= 15 is 0 Å². The van der Waals surface area contributed by atoms with E-state index in [2.05, 4.69) is 41.1 Å². The van der Waals surface area contributed by atoms with Crippen LogP contribution in [-0.2, 0) is 18.5 Å². The molecular weight excluding hydrogens is 506 g/mol. The van der Waals surface area contributed by atoms with Crippen LogP contribution in [-0.4, -0.2) is 50.9 Å². The molecule has 194 valence electrons. The van der Waals surface area contributed by atoms with Crippen LogP contribution in [0.4, 0.5) is 0 Å². The highest BCUT2D eigenvalue weighted by atomic mass is 35.5. The number of hydrogen-bond acceptors (Lipinski definition) is 6. The molecule has 0 saturated carbocycles. The molecule has 0 unspecified atom stereocenters. The minimum Gasteiger partial charge on any atom is -0.361 e. The number of nitrogens with one attached hydrogen (secondary N) is 1. The zero-order chi connectivity index (χ0) is 26.7. The van der Waals surface area contributed by atoms with Gasteiger partial charge in [0, 0.05) is 50.8 Å². The monoisotopic (exact) mass is 537 g/mol. The third kappa shape index (κ3) is 6.18. The number of carbonyl (C=O) groups is 1. The number of nitriles is 1. The Morgan fingerprint density at radius 3 is 2.84 bits per heavy atom. The summed E-state index contributed by atoms with van der Waals surface area (Å²) in [5.74, 6) is -0.264. The van der Waals surface area contributed by atoms with Crippen molar-refractivity contribution in [3.8, 4) is 17.5 Å². The summed E-state index contributed by atoms with van der Waals surface area (Å²) in [5.41, 5.74) is 3.55. The molecule has 0 bridgehead atoms. The quantitative estimate of drug-likeness (QED) is 0.215. The van der Waals surface area contributed by atoms with Crippen LogP contribution >= 0.6 is 11.6 Å². The SMILES string of the molecule is C[C@H](CCC#N)NC(=O)c1cn(COCC[Si](C)(C)C)c2ncc(-c3nn(C)c4cc(Cl)ccc34)nc12. The number of nitrogens with zero attached hydrogens (tertiary/aromatic N) is 6. The Kier molecular flexibility index (Phi) is 7.97. The minimum absolute atomic E-state index is 0.154. The Morgan fingerprint density at radius 1 is 1.32 bits per heavy atom. The second kappa shape index (κ2) is 11.0. The van der Waals surface area contributed by atoms with Gasteiger partial charge in [0.15, 0.2) is 5.65 Å². The number of carbonyl (C=O) groups excluding carboxylic acids is 1. The summed E-state index contributed by atoms with van der Waals surface area (Å²) >= 11 is 6.19. The molecule has 11 heteroatoms. The van der Waals surface area contributed by atoms with E-state index in [0.717, 1.165) is 16.9 Å². The number of aromatic nitrogens is 5. The molecule has 3 heterocycles. The van der Waals surface area contributed by atoms with Crippen LogP contribution in [0.1, 0.15) is 30.1 Å². The summed E-state index contributed by atoms with van der Waals surface area (Å²) < 4.78 is 9.53. The Labute approximate surface area is 222 Å². The molecule has 1 amide bonds. The maximum absolute atomic E-state index is 13.3. The van der Waals surface area contributed by atoms with Crippen molar-refractivity contribution in [2.75, 3.05) is 6.61 Å². The van der Waals surface area contributed by atoms with E-state index in [9.17, 15) is 4.79 Å². The van der Waals surface area contributed by atoms with Crippen LogP contribution in [0.2, 0.25) is 30.7 Å². The van der Waals surface area contributed by atoms with Gasteiger partial charge in [-0.15, -0.1) is 0 Å². The second-order valence-electron chi connectivity index (χ2n) is 10.5. The van der Waals surface area contributed by atoms with Crippen molar-refractivity contribution in [2.45, 2.75) is 58.2 Å². The van der Waals surface area contributed by atoms with Crippen molar-refractivity contribution in [3.05, 3.63) is 41.2 Å². The summed E-state index contributed by atoms with van der Waals surface area (Å²) in [4.78, 5) is 22.8. The van der Waals surface area contributed by atoms with Crippen molar-refractivity contribution >= 4 is 47.6 Å². The van der Waals surface area contributed by atoms with E-state index in [-0.39, 0.29) is 18.7 Å². The topological polar surface area (TPSA) is 111 Å². The molecule has 3 aromatic heterocycles. The summed E-state index contributed by atoms with van der Waals surface area (Å²) in [6.45, 7) is 9.72. The molecule has 1 atom stereocenters. The van der Waals surface area contributed by atoms with Gasteiger partial charge in [0.05, 0.1) is 23.3 Å². The molecule has 0 saturated heterocycles. The van der Waals surface area contributed by atoms with Crippen LogP contribution in [0.5, 0.6) is 0 Å². The summed E-state index contributed by atoms with van der Waals surface area (Å²) in [5, 5.41) is 18.0. The molecule has 1 N–H and O–H groups in total. The third-order valence-corrected chi connectivity index (χ3v) is 8.10. The highest BCUT2D eigenvalue weighted by Gasteiger charge is 2.22. The number of rotatable bonds is 10. The molecule has 0 radical (unpaired) electrons. The summed E-state index contributed by atoms with van der Waals surface area (Å²) in [6.07, 6.45) is 4.36. The van der Waals surface area contributed by atoms with Gasteiger partial charge in [-0.2, -0.15) is 10.4 Å². The zero-order valence-corrected chi connectivity index (χ0v) is 23.6. The standard InChI is InChI=1S/C26H32ClN7O2Si/c1-17(7-6-10-28)30-26(35)20-15-34(16-36-11-12-37(3,4)5)25-24(20)31-21(14-29-25)23-19-9-8-18(27)13-22(19)33(2)32-23/h8-9,13-15,17H,6-7,11-12,16H2,1-5H3,(H,30,35)/t17-/m1/s1. The van der Waals surface area contributed by atoms with Gasteiger partial charge in [-0.3, -0.25) is 9.48 Å². The molecule has 9 nitrogen and oxygen atoms in total. The molecular formula is C26H32ClN7O2Si. The van der Waals surface area contributed by atoms with E-state index < -0.39 is 8.07 Å². The molecule has 0 spiro atoms. The van der Waals surface area contributed by atoms with Crippen molar-refractivity contribution in [3.63, 3.8) is 0 Å². The van der Waals surface area contributed by atoms with Gasteiger partial charge < -0.3 is 14.6 Å². The maximum atomic E-state index is 13.3. The van der Waals surface area contributed by atoms with Gasteiger partial charge in [-0.05, 0) is 37.6 Å². The predicted octanol–water partition coefficient (Wildman–Crippen LogP) is 5.37. The molecule has 37 heavy (non-hydrogen) atoms. The normalized spacial score (nSPS) is 12.7. The van der Waals surface area contributed by atoms with Crippen LogP contribution < -0.4 is 5.32 Å². The van der Waals surface area contributed by atoms with Gasteiger partial charge in [-0.1, -0.05) is 31.2 Å². The average Bonchev–Trinajstić information content (AvgIpc) is 3.37.